The van der Waals surface area contributed by atoms with Crippen LogP contribution in [0.25, 0.3) is 0 Å². The number of allylic oxidation sites excluding steroid dienone is 1. The lowest BCUT2D eigenvalue weighted by molar-refractivity contribution is 0.0109. The van der Waals surface area contributed by atoms with Gasteiger partial charge >= 0.3 is 0 Å². The van der Waals surface area contributed by atoms with E-state index in [1.54, 1.807) is 6.26 Å². The van der Waals surface area contributed by atoms with Crippen LogP contribution in [0, 0.1) is 0 Å². The van der Waals surface area contributed by atoms with Crippen LogP contribution in [0.1, 0.15) is 18.4 Å². The van der Waals surface area contributed by atoms with Crippen molar-refractivity contribution in [1.82, 2.24) is 0 Å². The molecule has 1 atom stereocenters. The lowest BCUT2D eigenvalue weighted by Crippen LogP contribution is -2.19. The zero-order chi connectivity index (χ0) is 11.2. The molecule has 0 aromatic heterocycles. The molecule has 0 saturated heterocycles. The van der Waals surface area contributed by atoms with E-state index in [0.717, 1.165) is 23.4 Å². The summed E-state index contributed by atoms with van der Waals surface area (Å²) in [4.78, 5) is 0. The van der Waals surface area contributed by atoms with Gasteiger partial charge in [0.05, 0.1) is 19.5 Å². The van der Waals surface area contributed by atoms with Gasteiger partial charge in [-0.05, 0) is 36.6 Å². The van der Waals surface area contributed by atoms with Crippen LogP contribution in [0.3, 0.4) is 0 Å². The van der Waals surface area contributed by atoms with Gasteiger partial charge in [0.15, 0.2) is 0 Å². The Kier molecular flexibility index (Phi) is 4.25. The molecule has 0 fully saturated rings. The maximum atomic E-state index is 5.80. The maximum Gasteiger partial charge on any atom is 0.121 e. The van der Waals surface area contributed by atoms with E-state index < -0.39 is 0 Å². The second-order valence-corrected chi connectivity index (χ2v) is 4.29. The Hall–Kier alpha value is -0.990. The first-order valence-corrected chi connectivity index (χ1v) is 5.85. The summed E-state index contributed by atoms with van der Waals surface area (Å²) in [5.41, 5.74) is 1.13. The number of benzene rings is 1. The molecule has 86 valence electrons. The second kappa shape index (κ2) is 5.92. The minimum Gasteiger partial charge on any atom is -0.496 e. The molecule has 1 aromatic carbocycles. The van der Waals surface area contributed by atoms with Crippen molar-refractivity contribution in [2.24, 2.45) is 0 Å². The molecule has 2 rings (SSSR count). The normalized spacial score (nSPS) is 19.4. The fraction of sp³-hybridized carbons (Fsp3) is 0.385. The molecule has 1 aromatic rings. The molecule has 1 aliphatic rings. The van der Waals surface area contributed by atoms with Crippen molar-refractivity contribution in [2.75, 3.05) is 6.61 Å². The molecule has 0 N–H and O–H groups in total. The van der Waals surface area contributed by atoms with Crippen molar-refractivity contribution < 1.29 is 9.47 Å². The molecule has 0 amide bonds. The zero-order valence-corrected chi connectivity index (χ0v) is 9.82. The Morgan fingerprint density at radius 2 is 2.12 bits per heavy atom. The summed E-state index contributed by atoms with van der Waals surface area (Å²) in [6, 6.07) is 7.70. The summed E-state index contributed by atoms with van der Waals surface area (Å²) in [5.74, 6) is 0. The van der Waals surface area contributed by atoms with Crippen molar-refractivity contribution in [1.29, 1.82) is 0 Å². The van der Waals surface area contributed by atoms with Gasteiger partial charge in [-0.2, -0.15) is 0 Å². The molecular weight excluding hydrogens is 224 g/mol. The van der Waals surface area contributed by atoms with Crippen LogP contribution in [0.2, 0.25) is 5.02 Å². The van der Waals surface area contributed by atoms with Gasteiger partial charge in [-0.1, -0.05) is 23.7 Å². The smallest absolute Gasteiger partial charge is 0.121 e. The van der Waals surface area contributed by atoms with Gasteiger partial charge in [-0.25, -0.2) is 0 Å². The molecule has 1 heterocycles. The van der Waals surface area contributed by atoms with E-state index in [-0.39, 0.29) is 6.10 Å². The third-order valence-corrected chi connectivity index (χ3v) is 2.76. The molecule has 0 radical (unpaired) electrons. The first kappa shape index (κ1) is 11.5. The summed E-state index contributed by atoms with van der Waals surface area (Å²) >= 11 is 5.80. The zero-order valence-electron chi connectivity index (χ0n) is 9.06. The van der Waals surface area contributed by atoms with Crippen LogP contribution in [0.15, 0.2) is 36.6 Å². The predicted octanol–water partition coefficient (Wildman–Crippen LogP) is 3.55. The van der Waals surface area contributed by atoms with Crippen LogP contribution in [-0.4, -0.2) is 12.7 Å². The highest BCUT2D eigenvalue weighted by molar-refractivity contribution is 6.30. The molecular formula is C13H15ClO2. The van der Waals surface area contributed by atoms with Crippen LogP contribution in [0.5, 0.6) is 0 Å². The highest BCUT2D eigenvalue weighted by Gasteiger charge is 2.10. The van der Waals surface area contributed by atoms with Gasteiger partial charge in [-0.15, -0.1) is 0 Å². The van der Waals surface area contributed by atoms with Gasteiger partial charge < -0.3 is 9.47 Å². The second-order valence-electron chi connectivity index (χ2n) is 3.85. The molecule has 1 aliphatic heterocycles. The van der Waals surface area contributed by atoms with E-state index in [1.807, 2.05) is 30.3 Å². The minimum atomic E-state index is 0.206. The van der Waals surface area contributed by atoms with Crippen LogP contribution >= 0.6 is 11.6 Å². The van der Waals surface area contributed by atoms with Crippen molar-refractivity contribution in [2.45, 2.75) is 25.6 Å². The first-order chi connectivity index (χ1) is 7.84. The van der Waals surface area contributed by atoms with Crippen LogP contribution < -0.4 is 0 Å². The van der Waals surface area contributed by atoms with Gasteiger partial charge in [0.1, 0.15) is 6.10 Å². The highest BCUT2D eigenvalue weighted by atomic mass is 35.5. The molecule has 0 spiro atoms. The predicted molar refractivity (Wildman–Crippen MR) is 64.4 cm³/mol. The van der Waals surface area contributed by atoms with Crippen molar-refractivity contribution in [3.63, 3.8) is 0 Å². The fourth-order valence-electron chi connectivity index (χ4n) is 1.60. The lowest BCUT2D eigenvalue weighted by Gasteiger charge is -2.19. The number of halogens is 1. The molecule has 3 heteroatoms. The molecule has 0 bridgehead atoms. The molecule has 2 nitrogen and oxygen atoms in total. The van der Waals surface area contributed by atoms with Gasteiger partial charge in [-0.3, -0.25) is 0 Å². The molecule has 0 saturated carbocycles. The number of hydrogen-bond donors (Lipinski definition) is 0. The van der Waals surface area contributed by atoms with Crippen LogP contribution in [-0.2, 0) is 16.1 Å². The fourth-order valence-corrected chi connectivity index (χ4v) is 1.72. The van der Waals surface area contributed by atoms with E-state index in [9.17, 15) is 0 Å². The Balaban J connectivity index is 1.71. The van der Waals surface area contributed by atoms with E-state index in [2.05, 4.69) is 0 Å². The summed E-state index contributed by atoms with van der Waals surface area (Å²) in [7, 11) is 0. The SMILES string of the molecule is Clc1ccc(COCC2CCC=CO2)cc1. The number of rotatable bonds is 4. The van der Waals surface area contributed by atoms with E-state index in [0.29, 0.717) is 13.2 Å². The van der Waals surface area contributed by atoms with Gasteiger partial charge in [0.25, 0.3) is 0 Å². The first-order valence-electron chi connectivity index (χ1n) is 5.47. The summed E-state index contributed by atoms with van der Waals surface area (Å²) in [6.07, 6.45) is 6.12. The van der Waals surface area contributed by atoms with Crippen molar-refractivity contribution in [3.05, 3.63) is 47.2 Å². The standard InChI is InChI=1S/C13H15ClO2/c14-12-6-4-11(5-7-12)9-15-10-13-3-1-2-8-16-13/h2,4-8,13H,1,3,9-10H2. The Morgan fingerprint density at radius 1 is 1.31 bits per heavy atom. The van der Waals surface area contributed by atoms with Gasteiger partial charge in [0, 0.05) is 5.02 Å². The van der Waals surface area contributed by atoms with Gasteiger partial charge in [0.2, 0.25) is 0 Å². The lowest BCUT2D eigenvalue weighted by atomic mass is 10.2. The Morgan fingerprint density at radius 3 is 2.81 bits per heavy atom. The summed E-state index contributed by atoms with van der Waals surface area (Å²) < 4.78 is 11.0. The van der Waals surface area contributed by atoms with E-state index in [4.69, 9.17) is 21.1 Å². The Labute approximate surface area is 101 Å². The summed E-state index contributed by atoms with van der Waals surface area (Å²) in [5, 5.41) is 0.754. The molecule has 0 aliphatic carbocycles. The van der Waals surface area contributed by atoms with Crippen molar-refractivity contribution in [3.8, 4) is 0 Å². The Bertz CT molecular complexity index is 345. The largest absolute Gasteiger partial charge is 0.496 e. The minimum absolute atomic E-state index is 0.206. The molecule has 16 heavy (non-hydrogen) atoms. The number of hydrogen-bond acceptors (Lipinski definition) is 2. The number of ether oxygens (including phenoxy) is 2. The van der Waals surface area contributed by atoms with E-state index in [1.165, 1.54) is 0 Å². The topological polar surface area (TPSA) is 18.5 Å². The quantitative estimate of drug-likeness (QED) is 0.799. The summed E-state index contributed by atoms with van der Waals surface area (Å²) in [6.45, 7) is 1.26. The van der Waals surface area contributed by atoms with Crippen LogP contribution in [0.4, 0.5) is 0 Å². The molecule has 1 unspecified atom stereocenters. The average Bonchev–Trinajstić information content (AvgIpc) is 2.33. The van der Waals surface area contributed by atoms with Crippen molar-refractivity contribution >= 4 is 11.6 Å². The third kappa shape index (κ3) is 3.54. The van der Waals surface area contributed by atoms with E-state index >= 15 is 0 Å². The third-order valence-electron chi connectivity index (χ3n) is 2.51. The monoisotopic (exact) mass is 238 g/mol. The highest BCUT2D eigenvalue weighted by Crippen LogP contribution is 2.13. The average molecular weight is 239 g/mol. The maximum absolute atomic E-state index is 5.80.